The van der Waals surface area contributed by atoms with Gasteiger partial charge in [-0.3, -0.25) is 4.79 Å². The molecule has 0 spiro atoms. The van der Waals surface area contributed by atoms with Gasteiger partial charge >= 0.3 is 5.97 Å². The molecule has 1 heterocycles. The van der Waals surface area contributed by atoms with Crippen LogP contribution in [0.3, 0.4) is 0 Å². The molecule has 1 N–H and O–H groups in total. The minimum atomic E-state index is -0.463. The van der Waals surface area contributed by atoms with Crippen molar-refractivity contribution in [3.8, 4) is 0 Å². The highest BCUT2D eigenvalue weighted by molar-refractivity contribution is 5.98. The van der Waals surface area contributed by atoms with Crippen LogP contribution in [0.1, 0.15) is 45.4 Å². The number of hydrogen-bond acceptors (Lipinski definition) is 3. The molecule has 1 aromatic heterocycles. The van der Waals surface area contributed by atoms with Gasteiger partial charge in [-0.1, -0.05) is 6.92 Å². The number of aryl methyl sites for hydroxylation is 1. The summed E-state index contributed by atoms with van der Waals surface area (Å²) in [7, 11) is 0. The van der Waals surface area contributed by atoms with Crippen LogP contribution in [0.15, 0.2) is 0 Å². The Balaban J connectivity index is 2.98. The zero-order valence-electron chi connectivity index (χ0n) is 9.22. The number of hydrogen-bond donors (Lipinski definition) is 1. The van der Waals surface area contributed by atoms with Crippen LogP contribution in [-0.2, 0) is 4.74 Å². The lowest BCUT2D eigenvalue weighted by Crippen LogP contribution is -2.08. The number of ether oxygens (including phenoxy) is 1. The molecule has 0 unspecified atom stereocenters. The average molecular weight is 209 g/mol. The molecule has 0 bridgehead atoms. The molecule has 0 aliphatic rings. The topological polar surface area (TPSA) is 59.2 Å². The Morgan fingerprint density at radius 1 is 1.47 bits per heavy atom. The van der Waals surface area contributed by atoms with Gasteiger partial charge in [0.1, 0.15) is 5.69 Å². The van der Waals surface area contributed by atoms with Crippen molar-refractivity contribution >= 4 is 12.3 Å². The number of carbonyl (C=O) groups is 2. The molecule has 0 aromatic carbocycles. The highest BCUT2D eigenvalue weighted by atomic mass is 16.5. The maximum atomic E-state index is 11.5. The number of H-pyrrole nitrogens is 1. The fraction of sp³-hybridized carbons (Fsp3) is 0.455. The lowest BCUT2D eigenvalue weighted by atomic mass is 10.1. The van der Waals surface area contributed by atoms with Crippen molar-refractivity contribution < 1.29 is 14.3 Å². The van der Waals surface area contributed by atoms with E-state index in [0.29, 0.717) is 18.5 Å². The molecule has 0 radical (unpaired) electrons. The number of aldehydes is 1. The van der Waals surface area contributed by atoms with Crippen LogP contribution in [0.25, 0.3) is 0 Å². The van der Waals surface area contributed by atoms with Crippen molar-refractivity contribution in [3.05, 3.63) is 22.5 Å². The summed E-state index contributed by atoms with van der Waals surface area (Å²) in [5, 5.41) is 0. The average Bonchev–Trinajstić information content (AvgIpc) is 2.52. The van der Waals surface area contributed by atoms with E-state index in [9.17, 15) is 9.59 Å². The molecule has 1 rings (SSSR count). The standard InChI is InChI=1S/C11H15NO3/c1-4-5-15-11(14)10-9(6-13)7(2)8(3)12-10/h6,12H,4-5H2,1-3H3. The molecule has 1 aromatic rings. The molecule has 4 nitrogen and oxygen atoms in total. The van der Waals surface area contributed by atoms with Gasteiger partial charge in [0, 0.05) is 11.3 Å². The number of carbonyl (C=O) groups excluding carboxylic acids is 2. The molecular formula is C11H15NO3. The molecule has 0 saturated carbocycles. The Labute approximate surface area is 88.6 Å². The van der Waals surface area contributed by atoms with Gasteiger partial charge in [0.2, 0.25) is 0 Å². The molecule has 0 aliphatic heterocycles. The monoisotopic (exact) mass is 209 g/mol. The third kappa shape index (κ3) is 2.26. The minimum Gasteiger partial charge on any atom is -0.461 e. The maximum absolute atomic E-state index is 11.5. The Hall–Kier alpha value is -1.58. The van der Waals surface area contributed by atoms with Crippen LogP contribution in [0, 0.1) is 13.8 Å². The van der Waals surface area contributed by atoms with Crippen LogP contribution < -0.4 is 0 Å². The molecule has 0 aliphatic carbocycles. The second-order valence-electron chi connectivity index (χ2n) is 3.42. The number of aromatic amines is 1. The minimum absolute atomic E-state index is 0.258. The normalized spacial score (nSPS) is 10.1. The largest absolute Gasteiger partial charge is 0.461 e. The Kier molecular flexibility index (Phi) is 3.66. The molecule has 0 atom stereocenters. The van der Waals surface area contributed by atoms with E-state index in [-0.39, 0.29) is 5.69 Å². The van der Waals surface area contributed by atoms with Gasteiger partial charge in [-0.15, -0.1) is 0 Å². The van der Waals surface area contributed by atoms with E-state index in [1.807, 2.05) is 13.8 Å². The molecule has 0 fully saturated rings. The molecule has 0 amide bonds. The predicted octanol–water partition coefficient (Wildman–Crippen LogP) is 2.01. The van der Waals surface area contributed by atoms with E-state index in [1.54, 1.807) is 6.92 Å². The highest BCUT2D eigenvalue weighted by Crippen LogP contribution is 2.16. The molecule has 15 heavy (non-hydrogen) atoms. The summed E-state index contributed by atoms with van der Waals surface area (Å²) < 4.78 is 4.96. The van der Waals surface area contributed by atoms with Crippen molar-refractivity contribution in [1.29, 1.82) is 0 Å². The second-order valence-corrected chi connectivity index (χ2v) is 3.42. The Bertz CT molecular complexity index is 379. The van der Waals surface area contributed by atoms with E-state index in [4.69, 9.17) is 4.74 Å². The van der Waals surface area contributed by atoms with E-state index in [0.717, 1.165) is 17.7 Å². The fourth-order valence-corrected chi connectivity index (χ4v) is 1.31. The van der Waals surface area contributed by atoms with E-state index in [2.05, 4.69) is 4.98 Å². The zero-order valence-corrected chi connectivity index (χ0v) is 9.22. The third-order valence-corrected chi connectivity index (χ3v) is 2.31. The first-order chi connectivity index (χ1) is 7.11. The molecule has 82 valence electrons. The number of esters is 1. The van der Waals surface area contributed by atoms with Crippen LogP contribution in [0.5, 0.6) is 0 Å². The van der Waals surface area contributed by atoms with Gasteiger partial charge in [0.25, 0.3) is 0 Å². The van der Waals surface area contributed by atoms with Crippen LogP contribution in [0.4, 0.5) is 0 Å². The van der Waals surface area contributed by atoms with Gasteiger partial charge in [0.15, 0.2) is 6.29 Å². The Morgan fingerprint density at radius 2 is 2.13 bits per heavy atom. The summed E-state index contributed by atoms with van der Waals surface area (Å²) >= 11 is 0. The summed E-state index contributed by atoms with van der Waals surface area (Å²) in [6.45, 7) is 5.90. The zero-order chi connectivity index (χ0) is 11.4. The van der Waals surface area contributed by atoms with Gasteiger partial charge < -0.3 is 9.72 Å². The second kappa shape index (κ2) is 4.77. The summed E-state index contributed by atoms with van der Waals surface area (Å²) in [5.41, 5.74) is 2.27. The number of nitrogens with one attached hydrogen (secondary N) is 1. The molecular weight excluding hydrogens is 194 g/mol. The number of rotatable bonds is 4. The predicted molar refractivity (Wildman–Crippen MR) is 56.2 cm³/mol. The molecule has 4 heteroatoms. The van der Waals surface area contributed by atoms with Crippen LogP contribution in [0.2, 0.25) is 0 Å². The maximum Gasteiger partial charge on any atom is 0.355 e. The summed E-state index contributed by atoms with van der Waals surface area (Å²) in [5.74, 6) is -0.463. The van der Waals surface area contributed by atoms with Crippen molar-refractivity contribution in [3.63, 3.8) is 0 Å². The quantitative estimate of drug-likeness (QED) is 0.609. The van der Waals surface area contributed by atoms with Crippen molar-refractivity contribution in [2.24, 2.45) is 0 Å². The summed E-state index contributed by atoms with van der Waals surface area (Å²) in [6.07, 6.45) is 1.45. The highest BCUT2D eigenvalue weighted by Gasteiger charge is 2.18. The van der Waals surface area contributed by atoms with Gasteiger partial charge in [-0.2, -0.15) is 0 Å². The molecule has 0 saturated heterocycles. The SMILES string of the molecule is CCCOC(=O)c1[nH]c(C)c(C)c1C=O. The summed E-state index contributed by atoms with van der Waals surface area (Å²) in [4.78, 5) is 25.2. The fourth-order valence-electron chi connectivity index (χ4n) is 1.31. The third-order valence-electron chi connectivity index (χ3n) is 2.31. The van der Waals surface area contributed by atoms with Crippen LogP contribution in [-0.4, -0.2) is 23.8 Å². The smallest absolute Gasteiger partial charge is 0.355 e. The van der Waals surface area contributed by atoms with E-state index < -0.39 is 5.97 Å². The lowest BCUT2D eigenvalue weighted by Gasteiger charge is -2.01. The van der Waals surface area contributed by atoms with Crippen molar-refractivity contribution in [2.75, 3.05) is 6.61 Å². The number of aromatic nitrogens is 1. The van der Waals surface area contributed by atoms with Gasteiger partial charge in [0.05, 0.1) is 6.61 Å². The Morgan fingerprint density at radius 3 is 2.67 bits per heavy atom. The van der Waals surface area contributed by atoms with Gasteiger partial charge in [-0.05, 0) is 25.8 Å². The van der Waals surface area contributed by atoms with E-state index in [1.165, 1.54) is 0 Å². The van der Waals surface area contributed by atoms with Gasteiger partial charge in [-0.25, -0.2) is 4.79 Å². The first-order valence-electron chi connectivity index (χ1n) is 4.93. The van der Waals surface area contributed by atoms with E-state index >= 15 is 0 Å². The lowest BCUT2D eigenvalue weighted by molar-refractivity contribution is 0.0496. The van der Waals surface area contributed by atoms with Crippen molar-refractivity contribution in [2.45, 2.75) is 27.2 Å². The van der Waals surface area contributed by atoms with Crippen molar-refractivity contribution in [1.82, 2.24) is 4.98 Å². The first-order valence-corrected chi connectivity index (χ1v) is 4.93. The van der Waals surface area contributed by atoms with Crippen LogP contribution >= 0.6 is 0 Å². The summed E-state index contributed by atoms with van der Waals surface area (Å²) in [6, 6.07) is 0. The first kappa shape index (κ1) is 11.5.